The van der Waals surface area contributed by atoms with E-state index in [1.165, 1.54) is 6.07 Å². The fraction of sp³-hybridized carbons (Fsp3) is 0.500. The van der Waals surface area contributed by atoms with E-state index in [-0.39, 0.29) is 23.3 Å². The van der Waals surface area contributed by atoms with E-state index >= 15 is 0 Å². The van der Waals surface area contributed by atoms with Gasteiger partial charge in [-0.15, -0.1) is 12.4 Å². The van der Waals surface area contributed by atoms with Gasteiger partial charge in [-0.3, -0.25) is 0 Å². The van der Waals surface area contributed by atoms with Crippen molar-refractivity contribution in [2.45, 2.75) is 37.1 Å². The van der Waals surface area contributed by atoms with Crippen molar-refractivity contribution in [2.24, 2.45) is 0 Å². The van der Waals surface area contributed by atoms with Gasteiger partial charge in [0.25, 0.3) is 0 Å². The van der Waals surface area contributed by atoms with Crippen LogP contribution in [0.25, 0.3) is 0 Å². The summed E-state index contributed by atoms with van der Waals surface area (Å²) in [5.74, 6) is 0. The summed E-state index contributed by atoms with van der Waals surface area (Å²) in [7, 11) is -3.56. The van der Waals surface area contributed by atoms with Crippen LogP contribution < -0.4 is 10.0 Å². The Bertz CT molecular complexity index is 620. The molecule has 1 fully saturated rings. The van der Waals surface area contributed by atoms with Crippen LogP contribution in [-0.4, -0.2) is 27.5 Å². The molecule has 2 rings (SSSR count). The van der Waals surface area contributed by atoms with E-state index in [1.54, 1.807) is 19.1 Å². The maximum atomic E-state index is 12.3. The molecular formula is C14H20ClN3O2S. The van der Waals surface area contributed by atoms with Crippen LogP contribution in [0.15, 0.2) is 23.1 Å². The van der Waals surface area contributed by atoms with Crippen molar-refractivity contribution in [1.82, 2.24) is 10.0 Å². The van der Waals surface area contributed by atoms with E-state index in [0.717, 1.165) is 25.8 Å². The average molecular weight is 330 g/mol. The van der Waals surface area contributed by atoms with Gasteiger partial charge in [-0.1, -0.05) is 12.5 Å². The van der Waals surface area contributed by atoms with E-state index in [2.05, 4.69) is 10.0 Å². The van der Waals surface area contributed by atoms with Crippen molar-refractivity contribution in [2.75, 3.05) is 13.1 Å². The Labute approximate surface area is 132 Å². The molecule has 1 unspecified atom stereocenters. The maximum absolute atomic E-state index is 12.3. The number of nitrogens with zero attached hydrogens (tertiary/aromatic N) is 1. The number of hydrogen-bond acceptors (Lipinski definition) is 4. The number of benzene rings is 1. The first-order valence-electron chi connectivity index (χ1n) is 6.77. The first-order valence-corrected chi connectivity index (χ1v) is 8.25. The normalized spacial score (nSPS) is 18.6. The van der Waals surface area contributed by atoms with Gasteiger partial charge in [0.15, 0.2) is 0 Å². The molecule has 1 aliphatic rings. The Morgan fingerprint density at radius 2 is 2.19 bits per heavy atom. The summed E-state index contributed by atoms with van der Waals surface area (Å²) < 4.78 is 27.3. The van der Waals surface area contributed by atoms with Crippen LogP contribution in [-0.2, 0) is 10.0 Å². The van der Waals surface area contributed by atoms with Crippen molar-refractivity contribution in [3.63, 3.8) is 0 Å². The van der Waals surface area contributed by atoms with Crippen LogP contribution >= 0.6 is 12.4 Å². The summed E-state index contributed by atoms with van der Waals surface area (Å²) in [5, 5.41) is 12.2. The van der Waals surface area contributed by atoms with Gasteiger partial charge in [0.1, 0.15) is 0 Å². The largest absolute Gasteiger partial charge is 0.313 e. The summed E-state index contributed by atoms with van der Waals surface area (Å²) >= 11 is 0. The molecule has 1 heterocycles. The van der Waals surface area contributed by atoms with Gasteiger partial charge in [-0.25, -0.2) is 13.1 Å². The van der Waals surface area contributed by atoms with Crippen LogP contribution in [0.3, 0.4) is 0 Å². The van der Waals surface area contributed by atoms with E-state index in [1.807, 2.05) is 6.07 Å². The molecule has 0 saturated carbocycles. The zero-order valence-electron chi connectivity index (χ0n) is 11.9. The smallest absolute Gasteiger partial charge is 0.240 e. The fourth-order valence-electron chi connectivity index (χ4n) is 2.35. The minimum atomic E-state index is -3.56. The minimum Gasteiger partial charge on any atom is -0.313 e. The van der Waals surface area contributed by atoms with Crippen molar-refractivity contribution in [3.05, 3.63) is 29.3 Å². The summed E-state index contributed by atoms with van der Waals surface area (Å²) in [6.45, 7) is 3.06. The molecular weight excluding hydrogens is 310 g/mol. The van der Waals surface area contributed by atoms with Gasteiger partial charge in [0.2, 0.25) is 10.0 Å². The first kappa shape index (κ1) is 17.9. The Morgan fingerprint density at radius 3 is 2.81 bits per heavy atom. The standard InChI is InChI=1S/C14H19N3O2S.ClH/c1-11-5-6-12(9-15)8-14(11)20(18,19)17-10-13-4-2-3-7-16-13;/h5-6,8,13,16-17H,2-4,7,10H2,1H3;1H. The predicted molar refractivity (Wildman–Crippen MR) is 84.0 cm³/mol. The molecule has 1 aromatic carbocycles. The number of aryl methyl sites for hydroxylation is 1. The molecule has 5 nitrogen and oxygen atoms in total. The predicted octanol–water partition coefficient (Wildman–Crippen LogP) is 1.71. The highest BCUT2D eigenvalue weighted by atomic mass is 35.5. The Morgan fingerprint density at radius 1 is 1.43 bits per heavy atom. The first-order chi connectivity index (χ1) is 9.53. The highest BCUT2D eigenvalue weighted by Gasteiger charge is 2.20. The Kier molecular flexibility index (Phi) is 6.62. The lowest BCUT2D eigenvalue weighted by Crippen LogP contribution is -2.43. The molecule has 0 bridgehead atoms. The summed E-state index contributed by atoms with van der Waals surface area (Å²) in [6.07, 6.45) is 3.26. The third kappa shape index (κ3) is 4.68. The molecule has 116 valence electrons. The van der Waals surface area contributed by atoms with Gasteiger partial charge in [0, 0.05) is 12.6 Å². The molecule has 1 atom stereocenters. The molecule has 2 N–H and O–H groups in total. The van der Waals surface area contributed by atoms with Gasteiger partial charge in [-0.05, 0) is 44.0 Å². The Hall–Kier alpha value is -1.13. The van der Waals surface area contributed by atoms with Crippen LogP contribution in [0.1, 0.15) is 30.4 Å². The molecule has 1 aromatic rings. The molecule has 0 amide bonds. The van der Waals surface area contributed by atoms with Gasteiger partial charge in [0.05, 0.1) is 16.5 Å². The number of nitriles is 1. The second-order valence-electron chi connectivity index (χ2n) is 5.09. The van der Waals surface area contributed by atoms with E-state index < -0.39 is 10.0 Å². The van der Waals surface area contributed by atoms with Gasteiger partial charge < -0.3 is 5.32 Å². The van der Waals surface area contributed by atoms with Gasteiger partial charge >= 0.3 is 0 Å². The monoisotopic (exact) mass is 329 g/mol. The highest BCUT2D eigenvalue weighted by Crippen LogP contribution is 2.17. The van der Waals surface area contributed by atoms with E-state index in [4.69, 9.17) is 5.26 Å². The van der Waals surface area contributed by atoms with Crippen molar-refractivity contribution < 1.29 is 8.42 Å². The van der Waals surface area contributed by atoms with E-state index in [0.29, 0.717) is 17.7 Å². The average Bonchev–Trinajstić information content (AvgIpc) is 2.47. The Balaban J connectivity index is 0.00000220. The minimum absolute atomic E-state index is 0. The van der Waals surface area contributed by atoms with Crippen LogP contribution in [0, 0.1) is 18.3 Å². The maximum Gasteiger partial charge on any atom is 0.240 e. The van der Waals surface area contributed by atoms with E-state index in [9.17, 15) is 8.42 Å². The lowest BCUT2D eigenvalue weighted by Gasteiger charge is -2.23. The van der Waals surface area contributed by atoms with Crippen LogP contribution in [0.2, 0.25) is 0 Å². The number of piperidine rings is 1. The van der Waals surface area contributed by atoms with Crippen molar-refractivity contribution >= 4 is 22.4 Å². The number of sulfonamides is 1. The van der Waals surface area contributed by atoms with Crippen LogP contribution in [0.4, 0.5) is 0 Å². The second-order valence-corrected chi connectivity index (χ2v) is 6.83. The van der Waals surface area contributed by atoms with Crippen LogP contribution in [0.5, 0.6) is 0 Å². The zero-order valence-corrected chi connectivity index (χ0v) is 13.6. The van der Waals surface area contributed by atoms with Crippen molar-refractivity contribution in [1.29, 1.82) is 5.26 Å². The quantitative estimate of drug-likeness (QED) is 0.881. The third-order valence-corrected chi connectivity index (χ3v) is 5.10. The third-order valence-electron chi connectivity index (χ3n) is 3.54. The molecule has 0 radical (unpaired) electrons. The number of rotatable bonds is 4. The lowest BCUT2D eigenvalue weighted by molar-refractivity contribution is 0.398. The topological polar surface area (TPSA) is 82.0 Å². The van der Waals surface area contributed by atoms with Gasteiger partial charge in [-0.2, -0.15) is 5.26 Å². The zero-order chi connectivity index (χ0) is 14.6. The number of halogens is 1. The highest BCUT2D eigenvalue weighted by molar-refractivity contribution is 7.89. The lowest BCUT2D eigenvalue weighted by atomic mass is 10.1. The number of hydrogen-bond donors (Lipinski definition) is 2. The summed E-state index contributed by atoms with van der Waals surface area (Å²) in [4.78, 5) is 0.187. The molecule has 7 heteroatoms. The summed E-state index contributed by atoms with van der Waals surface area (Å²) in [5.41, 5.74) is 1.000. The summed E-state index contributed by atoms with van der Waals surface area (Å²) in [6, 6.07) is 6.86. The fourth-order valence-corrected chi connectivity index (χ4v) is 3.70. The molecule has 1 saturated heterocycles. The SMILES string of the molecule is Cc1ccc(C#N)cc1S(=O)(=O)NCC1CCCCN1.Cl. The molecule has 0 aliphatic carbocycles. The van der Waals surface area contributed by atoms with Crippen molar-refractivity contribution in [3.8, 4) is 6.07 Å². The second kappa shape index (κ2) is 7.76. The molecule has 1 aliphatic heterocycles. The molecule has 21 heavy (non-hydrogen) atoms. The molecule has 0 aromatic heterocycles. The molecule has 0 spiro atoms. The number of nitrogens with one attached hydrogen (secondary N) is 2.